The van der Waals surface area contributed by atoms with Crippen molar-refractivity contribution in [2.75, 3.05) is 45.9 Å². The van der Waals surface area contributed by atoms with Gasteiger partial charge in [0.1, 0.15) is 0 Å². The van der Waals surface area contributed by atoms with Crippen LogP contribution in [0.25, 0.3) is 0 Å². The number of hydrogen-bond acceptors (Lipinski definition) is 3. The summed E-state index contributed by atoms with van der Waals surface area (Å²) < 4.78 is 0. The fourth-order valence-corrected chi connectivity index (χ4v) is 3.23. The highest BCUT2D eigenvalue weighted by Gasteiger charge is 2.11. The predicted octanol–water partition coefficient (Wildman–Crippen LogP) is 2.81. The van der Waals surface area contributed by atoms with Gasteiger partial charge in [-0.25, -0.2) is 0 Å². The summed E-state index contributed by atoms with van der Waals surface area (Å²) in [6.45, 7) is 8.01. The van der Waals surface area contributed by atoms with E-state index in [2.05, 4.69) is 39.6 Å². The van der Waals surface area contributed by atoms with Crippen LogP contribution >= 0.6 is 24.0 Å². The maximum atomic E-state index is 9.68. The Morgan fingerprint density at radius 2 is 1.81 bits per heavy atom. The second kappa shape index (κ2) is 14.2. The van der Waals surface area contributed by atoms with Gasteiger partial charge in [0.15, 0.2) is 5.96 Å². The molecule has 1 atom stereocenters. The molecule has 0 aliphatic carbocycles. The van der Waals surface area contributed by atoms with E-state index in [0.29, 0.717) is 6.54 Å². The minimum Gasteiger partial charge on any atom is -0.396 e. The van der Waals surface area contributed by atoms with Crippen LogP contribution < -0.4 is 10.6 Å². The molecule has 148 valence electrons. The van der Waals surface area contributed by atoms with E-state index in [1.54, 1.807) is 0 Å². The molecule has 0 aromatic heterocycles. The second-order valence-electron chi connectivity index (χ2n) is 6.69. The summed E-state index contributed by atoms with van der Waals surface area (Å²) in [5.74, 6) is 0.883. The first-order valence-electron chi connectivity index (χ1n) is 9.73. The lowest BCUT2D eigenvalue weighted by atomic mass is 10.0. The Bertz CT molecular complexity index is 490. The summed E-state index contributed by atoms with van der Waals surface area (Å²) in [5.41, 5.74) is 1.13. The SMILES string of the molecule is CCNC(=NCC(CO)c1ccccc1)NCCN1CCCCCC1.I. The summed E-state index contributed by atoms with van der Waals surface area (Å²) in [4.78, 5) is 7.22. The zero-order valence-corrected chi connectivity index (χ0v) is 18.3. The molecule has 1 fully saturated rings. The molecule has 0 radical (unpaired) electrons. The molecule has 1 aromatic rings. The van der Waals surface area contributed by atoms with Crippen LogP contribution in [0.15, 0.2) is 35.3 Å². The van der Waals surface area contributed by atoms with E-state index in [0.717, 1.165) is 31.2 Å². The highest BCUT2D eigenvalue weighted by Crippen LogP contribution is 2.14. The van der Waals surface area contributed by atoms with Gasteiger partial charge in [0.05, 0.1) is 13.2 Å². The summed E-state index contributed by atoms with van der Waals surface area (Å²) in [6, 6.07) is 10.1. The van der Waals surface area contributed by atoms with Crippen molar-refractivity contribution < 1.29 is 5.11 Å². The Labute approximate surface area is 175 Å². The highest BCUT2D eigenvalue weighted by molar-refractivity contribution is 14.0. The molecule has 0 bridgehead atoms. The molecular weight excluding hydrogens is 439 g/mol. The van der Waals surface area contributed by atoms with Crippen LogP contribution in [-0.2, 0) is 0 Å². The molecule has 0 amide bonds. The van der Waals surface area contributed by atoms with Crippen molar-refractivity contribution in [2.45, 2.75) is 38.5 Å². The van der Waals surface area contributed by atoms with Gasteiger partial charge in [-0.1, -0.05) is 43.2 Å². The maximum Gasteiger partial charge on any atom is 0.191 e. The number of guanidine groups is 1. The molecule has 0 saturated carbocycles. The van der Waals surface area contributed by atoms with E-state index in [9.17, 15) is 5.11 Å². The Balaban J connectivity index is 0.00000338. The molecule has 6 heteroatoms. The lowest BCUT2D eigenvalue weighted by molar-refractivity contribution is 0.268. The van der Waals surface area contributed by atoms with E-state index >= 15 is 0 Å². The van der Waals surface area contributed by atoms with Crippen LogP contribution in [0.1, 0.15) is 44.1 Å². The minimum atomic E-state index is 0. The number of aliphatic imine (C=N–C) groups is 1. The van der Waals surface area contributed by atoms with Crippen LogP contribution in [0.4, 0.5) is 0 Å². The number of aliphatic hydroxyl groups excluding tert-OH is 1. The number of benzene rings is 1. The first-order chi connectivity index (χ1) is 12.3. The second-order valence-corrected chi connectivity index (χ2v) is 6.69. The molecule has 3 N–H and O–H groups in total. The van der Waals surface area contributed by atoms with Crippen LogP contribution in [0.5, 0.6) is 0 Å². The third kappa shape index (κ3) is 8.68. The molecule has 2 rings (SSSR count). The van der Waals surface area contributed by atoms with Crippen molar-refractivity contribution >= 4 is 29.9 Å². The standard InChI is InChI=1S/C20H34N4O.HI/c1-2-21-20(22-12-15-24-13-8-3-4-9-14-24)23-16-19(17-25)18-10-6-5-7-11-18;/h5-7,10-11,19,25H,2-4,8-9,12-17H2,1H3,(H2,21,22,23);1H. The van der Waals surface area contributed by atoms with Crippen molar-refractivity contribution in [1.82, 2.24) is 15.5 Å². The zero-order valence-electron chi connectivity index (χ0n) is 16.0. The predicted molar refractivity (Wildman–Crippen MR) is 121 cm³/mol. The molecule has 1 saturated heterocycles. The number of nitrogens with one attached hydrogen (secondary N) is 2. The van der Waals surface area contributed by atoms with Gasteiger partial charge in [-0.15, -0.1) is 24.0 Å². The largest absolute Gasteiger partial charge is 0.396 e. The summed E-state index contributed by atoms with van der Waals surface area (Å²) in [5, 5.41) is 16.4. The van der Waals surface area contributed by atoms with Crippen molar-refractivity contribution in [3.63, 3.8) is 0 Å². The van der Waals surface area contributed by atoms with E-state index in [4.69, 9.17) is 0 Å². The number of hydrogen-bond donors (Lipinski definition) is 3. The van der Waals surface area contributed by atoms with Gasteiger partial charge in [0.25, 0.3) is 0 Å². The minimum absolute atomic E-state index is 0. The molecule has 1 aliphatic heterocycles. The lowest BCUT2D eigenvalue weighted by Crippen LogP contribution is -2.42. The normalized spacial score (nSPS) is 17.1. The van der Waals surface area contributed by atoms with Crippen molar-refractivity contribution in [3.05, 3.63) is 35.9 Å². The molecule has 5 nitrogen and oxygen atoms in total. The molecular formula is C20H35IN4O. The fraction of sp³-hybridized carbons (Fsp3) is 0.650. The smallest absolute Gasteiger partial charge is 0.191 e. The Hall–Kier alpha value is -0.860. The number of halogens is 1. The van der Waals surface area contributed by atoms with Crippen LogP contribution in [0.2, 0.25) is 0 Å². The Kier molecular flexibility index (Phi) is 12.7. The van der Waals surface area contributed by atoms with Gasteiger partial charge >= 0.3 is 0 Å². The van der Waals surface area contributed by atoms with Gasteiger partial charge in [0.2, 0.25) is 0 Å². The Morgan fingerprint density at radius 3 is 2.42 bits per heavy atom. The average Bonchev–Trinajstić information content (AvgIpc) is 2.92. The van der Waals surface area contributed by atoms with Crippen molar-refractivity contribution in [3.8, 4) is 0 Å². The highest BCUT2D eigenvalue weighted by atomic mass is 127. The third-order valence-corrected chi connectivity index (χ3v) is 4.72. The number of likely N-dealkylation sites (tertiary alicyclic amines) is 1. The van der Waals surface area contributed by atoms with Gasteiger partial charge in [-0.3, -0.25) is 4.99 Å². The molecule has 1 aliphatic rings. The summed E-state index contributed by atoms with van der Waals surface area (Å²) in [7, 11) is 0. The number of nitrogens with zero attached hydrogens (tertiary/aromatic N) is 2. The topological polar surface area (TPSA) is 59.9 Å². The monoisotopic (exact) mass is 474 g/mol. The summed E-state index contributed by atoms with van der Waals surface area (Å²) in [6.07, 6.45) is 5.39. The lowest BCUT2D eigenvalue weighted by Gasteiger charge is -2.21. The van der Waals surface area contributed by atoms with Gasteiger partial charge in [-0.2, -0.15) is 0 Å². The average molecular weight is 474 g/mol. The zero-order chi connectivity index (χ0) is 17.7. The Morgan fingerprint density at radius 1 is 1.12 bits per heavy atom. The van der Waals surface area contributed by atoms with Crippen LogP contribution in [0.3, 0.4) is 0 Å². The molecule has 1 unspecified atom stereocenters. The van der Waals surface area contributed by atoms with E-state index in [1.165, 1.54) is 38.8 Å². The molecule has 1 heterocycles. The van der Waals surface area contributed by atoms with Gasteiger partial charge in [-0.05, 0) is 38.4 Å². The molecule has 0 spiro atoms. The number of rotatable bonds is 8. The summed E-state index contributed by atoms with van der Waals surface area (Å²) >= 11 is 0. The van der Waals surface area contributed by atoms with Crippen molar-refractivity contribution in [2.24, 2.45) is 4.99 Å². The molecule has 1 aromatic carbocycles. The van der Waals surface area contributed by atoms with Gasteiger partial charge < -0.3 is 20.6 Å². The van der Waals surface area contributed by atoms with Gasteiger partial charge in [0, 0.05) is 25.6 Å². The quantitative estimate of drug-likeness (QED) is 0.308. The van der Waals surface area contributed by atoms with Crippen molar-refractivity contribution in [1.29, 1.82) is 0 Å². The number of aliphatic hydroxyl groups is 1. The first kappa shape index (κ1) is 23.2. The maximum absolute atomic E-state index is 9.68. The van der Waals surface area contributed by atoms with Crippen LogP contribution in [0, 0.1) is 0 Å². The van der Waals surface area contributed by atoms with E-state index in [-0.39, 0.29) is 36.5 Å². The third-order valence-electron chi connectivity index (χ3n) is 4.72. The first-order valence-corrected chi connectivity index (χ1v) is 9.73. The molecule has 26 heavy (non-hydrogen) atoms. The van der Waals surface area contributed by atoms with Crippen LogP contribution in [-0.4, -0.2) is 61.8 Å². The fourth-order valence-electron chi connectivity index (χ4n) is 3.23. The van der Waals surface area contributed by atoms with E-state index in [1.807, 2.05) is 18.2 Å². The van der Waals surface area contributed by atoms with E-state index < -0.39 is 0 Å².